The highest BCUT2D eigenvalue weighted by Gasteiger charge is 2.39. The maximum absolute atomic E-state index is 12.6. The van der Waals surface area contributed by atoms with Crippen molar-refractivity contribution in [3.05, 3.63) is 22.7 Å². The molecule has 2 bridgehead atoms. The van der Waals surface area contributed by atoms with Gasteiger partial charge in [-0.15, -0.1) is 11.3 Å². The Balaban J connectivity index is 1.55. The molecule has 6 heteroatoms. The van der Waals surface area contributed by atoms with Crippen molar-refractivity contribution >= 4 is 27.5 Å². The molecule has 2 aliphatic heterocycles. The molecule has 4 rings (SSSR count). The number of carbonyl (C=O) groups excluding carboxylic acids is 1. The molecule has 2 saturated heterocycles. The lowest BCUT2D eigenvalue weighted by molar-refractivity contribution is 0.0880. The van der Waals surface area contributed by atoms with Crippen LogP contribution >= 0.6 is 11.3 Å². The Morgan fingerprint density at radius 1 is 1.39 bits per heavy atom. The van der Waals surface area contributed by atoms with Crippen LogP contribution in [0.5, 0.6) is 5.75 Å². The molecule has 2 aromatic rings. The Morgan fingerprint density at radius 3 is 2.78 bits per heavy atom. The zero-order chi connectivity index (χ0) is 16.1. The van der Waals surface area contributed by atoms with E-state index in [0.717, 1.165) is 23.9 Å². The number of pyridine rings is 1. The molecular weight excluding hydrogens is 310 g/mol. The summed E-state index contributed by atoms with van der Waals surface area (Å²) in [5.41, 5.74) is 2.09. The molecule has 0 aliphatic carbocycles. The SMILES string of the molecule is Cc1csc2c(O)c(C(=O)NC3CC4CCC(C3)N4C)cnc12. The van der Waals surface area contributed by atoms with Crippen molar-refractivity contribution in [2.24, 2.45) is 0 Å². The average Bonchev–Trinajstić information content (AvgIpc) is 2.97. The van der Waals surface area contributed by atoms with Gasteiger partial charge in [0.25, 0.3) is 5.91 Å². The van der Waals surface area contributed by atoms with Crippen LogP contribution in [0, 0.1) is 6.92 Å². The molecule has 0 aromatic carbocycles. The Hall–Kier alpha value is -1.66. The van der Waals surface area contributed by atoms with Crippen LogP contribution in [-0.4, -0.2) is 46.1 Å². The monoisotopic (exact) mass is 331 g/mol. The summed E-state index contributed by atoms with van der Waals surface area (Å²) in [5, 5.41) is 15.5. The van der Waals surface area contributed by atoms with Crippen LogP contribution in [0.15, 0.2) is 11.6 Å². The minimum absolute atomic E-state index is 0.0569. The fourth-order valence-corrected chi connectivity index (χ4v) is 4.99. The van der Waals surface area contributed by atoms with Crippen LogP contribution in [0.2, 0.25) is 0 Å². The predicted octanol–water partition coefficient (Wildman–Crippen LogP) is 2.67. The van der Waals surface area contributed by atoms with Gasteiger partial charge in [-0.25, -0.2) is 0 Å². The van der Waals surface area contributed by atoms with Crippen molar-refractivity contribution < 1.29 is 9.90 Å². The van der Waals surface area contributed by atoms with Gasteiger partial charge in [0, 0.05) is 24.3 Å². The van der Waals surface area contributed by atoms with Crippen LogP contribution in [-0.2, 0) is 0 Å². The van der Waals surface area contributed by atoms with E-state index in [1.54, 1.807) is 0 Å². The number of aromatic nitrogens is 1. The van der Waals surface area contributed by atoms with E-state index in [4.69, 9.17) is 0 Å². The zero-order valence-electron chi connectivity index (χ0n) is 13.4. The third-order valence-corrected chi connectivity index (χ3v) is 6.51. The van der Waals surface area contributed by atoms with Gasteiger partial charge in [0.2, 0.25) is 0 Å². The van der Waals surface area contributed by atoms with Gasteiger partial charge in [0.05, 0.1) is 10.2 Å². The number of aryl methyl sites for hydroxylation is 1. The second-order valence-corrected chi connectivity index (χ2v) is 7.69. The molecule has 0 saturated carbocycles. The normalized spacial score (nSPS) is 27.5. The molecule has 2 unspecified atom stereocenters. The standard InChI is InChI=1S/C17H21N3O2S/c1-9-8-23-16-14(9)18-7-13(15(16)21)17(22)19-10-5-11-3-4-12(6-10)20(11)2/h7-8,10-12H,3-6H2,1-2H3,(H,18,21)(H,19,22). The number of piperidine rings is 1. The molecule has 2 atom stereocenters. The number of rotatable bonds is 2. The van der Waals surface area contributed by atoms with Crippen molar-refractivity contribution in [1.29, 1.82) is 0 Å². The van der Waals surface area contributed by atoms with E-state index in [2.05, 4.69) is 22.2 Å². The van der Waals surface area contributed by atoms with Crippen LogP contribution in [0.1, 0.15) is 41.6 Å². The fourth-order valence-electron chi connectivity index (χ4n) is 4.04. The lowest BCUT2D eigenvalue weighted by Crippen LogP contribution is -2.48. The van der Waals surface area contributed by atoms with Crippen LogP contribution in [0.25, 0.3) is 10.2 Å². The number of nitrogens with one attached hydrogen (secondary N) is 1. The van der Waals surface area contributed by atoms with Gasteiger partial charge in [-0.2, -0.15) is 0 Å². The lowest BCUT2D eigenvalue weighted by atomic mass is 9.97. The van der Waals surface area contributed by atoms with Gasteiger partial charge in [0.1, 0.15) is 11.3 Å². The van der Waals surface area contributed by atoms with E-state index in [1.807, 2.05) is 12.3 Å². The summed E-state index contributed by atoms with van der Waals surface area (Å²) in [6.45, 7) is 1.96. The van der Waals surface area contributed by atoms with Gasteiger partial charge in [-0.05, 0) is 50.6 Å². The molecule has 5 nitrogen and oxygen atoms in total. The van der Waals surface area contributed by atoms with Crippen LogP contribution < -0.4 is 5.32 Å². The summed E-state index contributed by atoms with van der Waals surface area (Å²) in [6.07, 6.45) is 5.93. The number of fused-ring (bicyclic) bond motifs is 3. The van der Waals surface area contributed by atoms with Gasteiger partial charge in [-0.1, -0.05) is 0 Å². The first kappa shape index (κ1) is 14.9. The number of hydrogen-bond donors (Lipinski definition) is 2. The van der Waals surface area contributed by atoms with Crippen molar-refractivity contribution in [1.82, 2.24) is 15.2 Å². The van der Waals surface area contributed by atoms with Crippen molar-refractivity contribution in [2.75, 3.05) is 7.05 Å². The third-order valence-electron chi connectivity index (χ3n) is 5.41. The molecule has 122 valence electrons. The second-order valence-electron chi connectivity index (χ2n) is 6.81. The summed E-state index contributed by atoms with van der Waals surface area (Å²) in [7, 11) is 2.18. The maximum Gasteiger partial charge on any atom is 0.256 e. The Labute approximate surface area is 139 Å². The number of carbonyl (C=O) groups is 1. The topological polar surface area (TPSA) is 65.5 Å². The summed E-state index contributed by atoms with van der Waals surface area (Å²) in [6, 6.07) is 1.35. The van der Waals surface area contributed by atoms with Gasteiger partial charge >= 0.3 is 0 Å². The van der Waals surface area contributed by atoms with Crippen molar-refractivity contribution in [2.45, 2.75) is 50.7 Å². The molecule has 2 N–H and O–H groups in total. The second kappa shape index (κ2) is 5.46. The van der Waals surface area contributed by atoms with Gasteiger partial charge < -0.3 is 15.3 Å². The minimum Gasteiger partial charge on any atom is -0.505 e. The molecule has 0 spiro atoms. The van der Waals surface area contributed by atoms with Crippen molar-refractivity contribution in [3.8, 4) is 5.75 Å². The predicted molar refractivity (Wildman–Crippen MR) is 91.1 cm³/mol. The largest absolute Gasteiger partial charge is 0.505 e. The van der Waals surface area contributed by atoms with Crippen LogP contribution in [0.4, 0.5) is 0 Å². The summed E-state index contributed by atoms with van der Waals surface area (Å²) in [5.74, 6) is -0.154. The summed E-state index contributed by atoms with van der Waals surface area (Å²) >= 11 is 1.43. The van der Waals surface area contributed by atoms with Gasteiger partial charge in [-0.3, -0.25) is 9.78 Å². The number of aromatic hydroxyl groups is 1. The third kappa shape index (κ3) is 2.40. The zero-order valence-corrected chi connectivity index (χ0v) is 14.2. The fraction of sp³-hybridized carbons (Fsp3) is 0.529. The van der Waals surface area contributed by atoms with E-state index in [9.17, 15) is 9.90 Å². The molecule has 2 aliphatic rings. The highest BCUT2D eigenvalue weighted by Crippen LogP contribution is 2.36. The Morgan fingerprint density at radius 2 is 2.09 bits per heavy atom. The number of thiophene rings is 1. The first-order chi connectivity index (χ1) is 11.0. The Kier molecular flexibility index (Phi) is 3.54. The average molecular weight is 331 g/mol. The van der Waals surface area contributed by atoms with E-state index in [0.29, 0.717) is 16.8 Å². The first-order valence-electron chi connectivity index (χ1n) is 8.13. The smallest absolute Gasteiger partial charge is 0.256 e. The summed E-state index contributed by atoms with van der Waals surface area (Å²) in [4.78, 5) is 19.4. The minimum atomic E-state index is -0.211. The highest BCUT2D eigenvalue weighted by atomic mass is 32.1. The molecule has 1 amide bonds. The van der Waals surface area contributed by atoms with E-state index in [1.165, 1.54) is 30.4 Å². The summed E-state index contributed by atoms with van der Waals surface area (Å²) < 4.78 is 0.693. The number of hydrogen-bond acceptors (Lipinski definition) is 5. The Bertz CT molecular complexity index is 759. The highest BCUT2D eigenvalue weighted by molar-refractivity contribution is 7.17. The molecule has 23 heavy (non-hydrogen) atoms. The molecule has 0 radical (unpaired) electrons. The molecule has 2 fully saturated rings. The number of nitrogens with zero attached hydrogens (tertiary/aromatic N) is 2. The van der Waals surface area contributed by atoms with E-state index >= 15 is 0 Å². The molecule has 4 heterocycles. The van der Waals surface area contributed by atoms with Crippen LogP contribution in [0.3, 0.4) is 0 Å². The molecular formula is C17H21N3O2S. The maximum atomic E-state index is 12.6. The van der Waals surface area contributed by atoms with E-state index < -0.39 is 0 Å². The van der Waals surface area contributed by atoms with Gasteiger partial charge in [0.15, 0.2) is 0 Å². The quantitative estimate of drug-likeness (QED) is 0.888. The van der Waals surface area contributed by atoms with Crippen molar-refractivity contribution in [3.63, 3.8) is 0 Å². The number of amides is 1. The molecule has 2 aromatic heterocycles. The first-order valence-corrected chi connectivity index (χ1v) is 9.01. The lowest BCUT2D eigenvalue weighted by Gasteiger charge is -2.36. The van der Waals surface area contributed by atoms with E-state index in [-0.39, 0.29) is 23.3 Å².